The normalized spacial score (nSPS) is 45.7. The Morgan fingerprint density at radius 1 is 1.24 bits per heavy atom. The van der Waals surface area contributed by atoms with E-state index in [1.807, 2.05) is 19.9 Å². The van der Waals surface area contributed by atoms with E-state index in [-0.39, 0.29) is 24.7 Å². The molecule has 10 heteroatoms. The predicted octanol–water partition coefficient (Wildman–Crippen LogP) is 1.35. The van der Waals surface area contributed by atoms with Gasteiger partial charge in [0.2, 0.25) is 0 Å². The highest BCUT2D eigenvalue weighted by atomic mass is 16.6. The summed E-state index contributed by atoms with van der Waals surface area (Å²) in [5.74, 6) is -2.79. The van der Waals surface area contributed by atoms with Crippen LogP contribution in [0.5, 0.6) is 0 Å². The van der Waals surface area contributed by atoms with Gasteiger partial charge in [-0.1, -0.05) is 13.0 Å². The second-order valence-electron chi connectivity index (χ2n) is 11.1. The molecule has 0 unspecified atom stereocenters. The number of aromatic amines is 1. The Morgan fingerprint density at radius 2 is 2.00 bits per heavy atom. The summed E-state index contributed by atoms with van der Waals surface area (Å²) in [6, 6.07) is 3.31. The van der Waals surface area contributed by atoms with Crippen LogP contribution >= 0.6 is 0 Å². The number of carbonyl (C=O) groups is 2. The lowest BCUT2D eigenvalue weighted by atomic mass is 9.55. The van der Waals surface area contributed by atoms with Gasteiger partial charge in [0.1, 0.15) is 24.0 Å². The van der Waals surface area contributed by atoms with Crippen LogP contribution in [0.4, 0.5) is 0 Å². The first-order valence-corrected chi connectivity index (χ1v) is 13.1. The Morgan fingerprint density at radius 3 is 2.65 bits per heavy atom. The number of esters is 2. The molecule has 1 saturated heterocycles. The standard InChI is InChI=1S/C27H37NO9/c1-12-8-13(2)27-15(10-20(34-4)26(33)36-23(12)14(3)29)9-17(30)21-22(27)18(31)11-19(24(21)37-27)35-25(32)16-6-5-7-28-16/h5-8,12,14-15,17-24,28-31H,9-11H2,1-4H3/b13-8+/t12-,14-,15-,17+,18-,19-,20+,21-,22-,23+,24+,27+/m1/s1. The number of rotatable bonds is 4. The molecule has 3 fully saturated rings. The minimum absolute atomic E-state index is 0.175. The van der Waals surface area contributed by atoms with Crippen LogP contribution < -0.4 is 0 Å². The number of cyclic esters (lactones) is 1. The van der Waals surface area contributed by atoms with E-state index in [0.717, 1.165) is 5.57 Å². The van der Waals surface area contributed by atoms with Crippen LogP contribution in [0.25, 0.3) is 0 Å². The maximum atomic E-state index is 13.0. The molecule has 2 aliphatic carbocycles. The van der Waals surface area contributed by atoms with E-state index >= 15 is 0 Å². The summed E-state index contributed by atoms with van der Waals surface area (Å²) in [6.45, 7) is 5.36. The Bertz CT molecular complexity index is 1040. The van der Waals surface area contributed by atoms with Gasteiger partial charge >= 0.3 is 11.9 Å². The van der Waals surface area contributed by atoms with Gasteiger partial charge in [-0.15, -0.1) is 0 Å². The van der Waals surface area contributed by atoms with E-state index in [9.17, 15) is 24.9 Å². The molecule has 0 radical (unpaired) electrons. The minimum Gasteiger partial charge on any atom is -0.457 e. The van der Waals surface area contributed by atoms with Gasteiger partial charge in [-0.05, 0) is 50.3 Å². The number of hydrogen-bond donors (Lipinski definition) is 4. The highest BCUT2D eigenvalue weighted by molar-refractivity contribution is 5.87. The first-order valence-electron chi connectivity index (χ1n) is 13.1. The molecule has 3 heterocycles. The van der Waals surface area contributed by atoms with Crippen molar-refractivity contribution in [2.75, 3.05) is 7.11 Å². The maximum Gasteiger partial charge on any atom is 0.355 e. The molecule has 5 rings (SSSR count). The number of methoxy groups -OCH3 is 1. The minimum atomic E-state index is -1.01. The number of carbonyl (C=O) groups excluding carboxylic acids is 2. The van der Waals surface area contributed by atoms with Gasteiger partial charge in [0.05, 0.1) is 23.9 Å². The Balaban J connectivity index is 1.57. The molecule has 1 aromatic rings. The molecule has 10 nitrogen and oxygen atoms in total. The maximum absolute atomic E-state index is 13.0. The predicted molar refractivity (Wildman–Crippen MR) is 129 cm³/mol. The summed E-state index contributed by atoms with van der Waals surface area (Å²) in [7, 11) is 1.43. The average molecular weight is 520 g/mol. The zero-order chi connectivity index (χ0) is 26.6. The first kappa shape index (κ1) is 26.4. The highest BCUT2D eigenvalue weighted by Gasteiger charge is 2.70. The van der Waals surface area contributed by atoms with Crippen molar-refractivity contribution in [3.8, 4) is 0 Å². The van der Waals surface area contributed by atoms with Gasteiger partial charge in [-0.2, -0.15) is 0 Å². The third kappa shape index (κ3) is 4.23. The number of nitrogens with one attached hydrogen (secondary N) is 1. The summed E-state index contributed by atoms with van der Waals surface area (Å²) >= 11 is 0. The van der Waals surface area contributed by atoms with Crippen LogP contribution in [0.3, 0.4) is 0 Å². The lowest BCUT2D eigenvalue weighted by Crippen LogP contribution is -2.59. The molecule has 204 valence electrons. The molecule has 12 atom stereocenters. The highest BCUT2D eigenvalue weighted by Crippen LogP contribution is 2.62. The number of H-pyrrole nitrogens is 1. The first-order chi connectivity index (χ1) is 17.6. The molecule has 4 bridgehead atoms. The average Bonchev–Trinajstić information content (AvgIpc) is 3.45. The molecular formula is C27H37NO9. The zero-order valence-corrected chi connectivity index (χ0v) is 21.6. The van der Waals surface area contributed by atoms with Crippen molar-refractivity contribution >= 4 is 11.9 Å². The molecule has 2 saturated carbocycles. The Labute approximate surface area is 215 Å². The molecule has 4 N–H and O–H groups in total. The van der Waals surface area contributed by atoms with Crippen LogP contribution in [0, 0.1) is 23.7 Å². The molecule has 1 spiro atoms. The summed E-state index contributed by atoms with van der Waals surface area (Å²) in [4.78, 5) is 28.6. The SMILES string of the molecule is CO[C@H]1C[C@H]2C[C@H](O)[C@H]3[C@H]4O[C@]2(/C(C)=C/[C@@H](C)[C@@H]([C@@H](C)O)OC1=O)[C@@H]3[C@H](O)C[C@H]4OC(=O)c1ccc[nH]1. The largest absolute Gasteiger partial charge is 0.457 e. The summed E-state index contributed by atoms with van der Waals surface area (Å²) in [5.41, 5.74) is 0.125. The third-order valence-electron chi connectivity index (χ3n) is 8.95. The fourth-order valence-electron chi connectivity index (χ4n) is 7.45. The molecular weight excluding hydrogens is 482 g/mol. The van der Waals surface area contributed by atoms with E-state index < -0.39 is 72.1 Å². The summed E-state index contributed by atoms with van der Waals surface area (Å²) < 4.78 is 23.9. The van der Waals surface area contributed by atoms with E-state index in [4.69, 9.17) is 18.9 Å². The molecule has 0 amide bonds. The van der Waals surface area contributed by atoms with Crippen molar-refractivity contribution < 1.29 is 43.9 Å². The number of aliphatic hydroxyl groups excluding tert-OH is 3. The Hall–Kier alpha value is -2.24. The monoisotopic (exact) mass is 519 g/mol. The van der Waals surface area contributed by atoms with Crippen molar-refractivity contribution in [3.63, 3.8) is 0 Å². The lowest BCUT2D eigenvalue weighted by Gasteiger charge is -2.51. The summed E-state index contributed by atoms with van der Waals surface area (Å²) in [5, 5.41) is 33.2. The molecule has 0 aromatic carbocycles. The number of aliphatic hydroxyl groups is 3. The van der Waals surface area contributed by atoms with Crippen LogP contribution in [0.1, 0.15) is 50.5 Å². The van der Waals surface area contributed by atoms with Crippen molar-refractivity contribution in [1.29, 1.82) is 0 Å². The zero-order valence-electron chi connectivity index (χ0n) is 21.6. The van der Waals surface area contributed by atoms with Gasteiger partial charge in [0.25, 0.3) is 0 Å². The van der Waals surface area contributed by atoms with E-state index in [0.29, 0.717) is 12.1 Å². The van der Waals surface area contributed by atoms with Crippen molar-refractivity contribution in [2.24, 2.45) is 23.7 Å². The lowest BCUT2D eigenvalue weighted by molar-refractivity contribution is -0.174. The van der Waals surface area contributed by atoms with Crippen LogP contribution in [0.2, 0.25) is 0 Å². The van der Waals surface area contributed by atoms with Crippen molar-refractivity contribution in [3.05, 3.63) is 35.7 Å². The van der Waals surface area contributed by atoms with Gasteiger partial charge in [-0.3, -0.25) is 0 Å². The second-order valence-corrected chi connectivity index (χ2v) is 11.1. The van der Waals surface area contributed by atoms with Gasteiger partial charge in [0.15, 0.2) is 6.10 Å². The summed E-state index contributed by atoms with van der Waals surface area (Å²) in [6.07, 6.45) is -1.51. The molecule has 37 heavy (non-hydrogen) atoms. The van der Waals surface area contributed by atoms with E-state index in [1.54, 1.807) is 25.3 Å². The number of ether oxygens (including phenoxy) is 4. The molecule has 2 aliphatic heterocycles. The smallest absolute Gasteiger partial charge is 0.355 e. The van der Waals surface area contributed by atoms with Crippen LogP contribution in [0.15, 0.2) is 30.0 Å². The quantitative estimate of drug-likeness (QED) is 0.342. The van der Waals surface area contributed by atoms with Gasteiger partial charge in [0, 0.05) is 37.5 Å². The van der Waals surface area contributed by atoms with Crippen molar-refractivity contribution in [2.45, 2.75) is 88.4 Å². The van der Waals surface area contributed by atoms with E-state index in [1.165, 1.54) is 7.11 Å². The van der Waals surface area contributed by atoms with E-state index in [2.05, 4.69) is 4.98 Å². The number of hydrogen-bond acceptors (Lipinski definition) is 9. The second kappa shape index (κ2) is 9.81. The van der Waals surface area contributed by atoms with Gasteiger partial charge < -0.3 is 39.3 Å². The third-order valence-corrected chi connectivity index (χ3v) is 8.95. The molecule has 4 aliphatic rings. The molecule has 1 aromatic heterocycles. The fourth-order valence-corrected chi connectivity index (χ4v) is 7.45. The van der Waals surface area contributed by atoms with Gasteiger partial charge in [-0.25, -0.2) is 9.59 Å². The fraction of sp³-hybridized carbons (Fsp3) is 0.704. The number of aromatic nitrogens is 1. The Kier molecular flexibility index (Phi) is 6.99. The van der Waals surface area contributed by atoms with Crippen molar-refractivity contribution in [1.82, 2.24) is 4.98 Å². The topological polar surface area (TPSA) is 148 Å². The van der Waals surface area contributed by atoms with Crippen LogP contribution in [-0.2, 0) is 23.7 Å². The van der Waals surface area contributed by atoms with Crippen LogP contribution in [-0.4, -0.2) is 87.7 Å².